The van der Waals surface area contributed by atoms with E-state index in [4.69, 9.17) is 9.47 Å². The molecule has 1 amide bonds. The minimum absolute atomic E-state index is 0.125. The molecule has 0 atom stereocenters. The molecule has 0 saturated heterocycles. The van der Waals surface area contributed by atoms with Crippen LogP contribution in [0.25, 0.3) is 10.9 Å². The molecule has 0 radical (unpaired) electrons. The van der Waals surface area contributed by atoms with Crippen LogP contribution in [-0.4, -0.2) is 56.1 Å². The zero-order chi connectivity index (χ0) is 20.8. The number of amides is 1. The van der Waals surface area contributed by atoms with E-state index in [0.29, 0.717) is 17.9 Å². The minimum atomic E-state index is -0.378. The first-order valence-electron chi connectivity index (χ1n) is 9.34. The van der Waals surface area contributed by atoms with E-state index in [2.05, 4.69) is 10.3 Å². The van der Waals surface area contributed by atoms with Gasteiger partial charge in [-0.15, -0.1) is 0 Å². The summed E-state index contributed by atoms with van der Waals surface area (Å²) in [4.78, 5) is 29.6. The molecule has 0 spiro atoms. The van der Waals surface area contributed by atoms with Crippen LogP contribution in [0, 0.1) is 0 Å². The molecule has 152 valence electrons. The number of fused-ring (bicyclic) bond motifs is 1. The molecule has 7 nitrogen and oxygen atoms in total. The topological polar surface area (TPSA) is 83.7 Å². The summed E-state index contributed by atoms with van der Waals surface area (Å²) in [5, 5.41) is 3.77. The number of esters is 1. The number of nitrogens with one attached hydrogen (secondary N) is 2. The fraction of sp³-hybridized carbons (Fsp3) is 0.273. The summed E-state index contributed by atoms with van der Waals surface area (Å²) in [6.45, 7) is 1.33. The Balaban J connectivity index is 1.59. The Morgan fingerprint density at radius 2 is 1.79 bits per heavy atom. The van der Waals surface area contributed by atoms with Gasteiger partial charge in [-0.3, -0.25) is 9.59 Å². The third-order valence-corrected chi connectivity index (χ3v) is 4.50. The number of hydrogen-bond acceptors (Lipinski definition) is 5. The molecule has 1 aromatic heterocycles. The van der Waals surface area contributed by atoms with Gasteiger partial charge in [0.1, 0.15) is 11.5 Å². The monoisotopic (exact) mass is 395 g/mol. The predicted octanol–water partition coefficient (Wildman–Crippen LogP) is 2.62. The van der Waals surface area contributed by atoms with Crippen molar-refractivity contribution in [3.05, 3.63) is 59.8 Å². The van der Waals surface area contributed by atoms with Crippen molar-refractivity contribution in [3.8, 4) is 11.5 Å². The number of hydrogen-bond donors (Lipinski definition) is 2. The van der Waals surface area contributed by atoms with Gasteiger partial charge in [0.15, 0.2) is 0 Å². The Labute approximate surface area is 169 Å². The molecule has 1 heterocycles. The number of benzene rings is 2. The van der Waals surface area contributed by atoms with Crippen LogP contribution >= 0.6 is 0 Å². The molecule has 0 fully saturated rings. The molecule has 3 aromatic rings. The summed E-state index contributed by atoms with van der Waals surface area (Å²) in [6, 6.07) is 12.2. The van der Waals surface area contributed by atoms with E-state index < -0.39 is 0 Å². The molecular formula is C22H25N3O4. The molecule has 0 unspecified atom stereocenters. The van der Waals surface area contributed by atoms with Crippen LogP contribution in [0.15, 0.2) is 48.7 Å². The molecule has 7 heteroatoms. The average molecular weight is 395 g/mol. The Morgan fingerprint density at radius 1 is 1.07 bits per heavy atom. The van der Waals surface area contributed by atoms with Gasteiger partial charge in [0.2, 0.25) is 0 Å². The number of aromatic amines is 1. The van der Waals surface area contributed by atoms with E-state index in [1.165, 1.54) is 0 Å². The number of rotatable bonds is 8. The summed E-state index contributed by atoms with van der Waals surface area (Å²) >= 11 is 0. The smallest absolute Gasteiger partial charge is 0.315 e. The summed E-state index contributed by atoms with van der Waals surface area (Å²) in [5.74, 6) is 0.595. The van der Waals surface area contributed by atoms with Gasteiger partial charge in [0.05, 0.1) is 13.5 Å². The molecule has 2 N–H and O–H groups in total. The second-order valence-electron chi connectivity index (χ2n) is 6.96. The summed E-state index contributed by atoms with van der Waals surface area (Å²) in [7, 11) is 5.50. The molecule has 0 saturated carbocycles. The van der Waals surface area contributed by atoms with Crippen molar-refractivity contribution < 1.29 is 19.1 Å². The Hall–Kier alpha value is -3.32. The number of carbonyl (C=O) groups excluding carboxylic acids is 2. The Morgan fingerprint density at radius 3 is 2.48 bits per heavy atom. The number of H-pyrrole nitrogens is 1. The summed E-state index contributed by atoms with van der Waals surface area (Å²) in [5.41, 5.74) is 2.28. The maximum atomic E-state index is 12.4. The lowest BCUT2D eigenvalue weighted by Gasteiger charge is -2.10. The van der Waals surface area contributed by atoms with Gasteiger partial charge in [0, 0.05) is 35.8 Å². The highest BCUT2D eigenvalue weighted by Crippen LogP contribution is 2.24. The standard InChI is InChI=1S/C22H25N3O4/c1-25(2)11-10-23-22(27)15-4-6-17(7-5-15)29-21(26)12-16-14-24-20-9-8-18(28-3)13-19(16)20/h4-9,13-14,24H,10-12H2,1-3H3,(H,23,27). The van der Waals surface area contributed by atoms with Gasteiger partial charge < -0.3 is 24.7 Å². The highest BCUT2D eigenvalue weighted by atomic mass is 16.5. The van der Waals surface area contributed by atoms with E-state index >= 15 is 0 Å². The van der Waals surface area contributed by atoms with Crippen molar-refractivity contribution in [2.45, 2.75) is 6.42 Å². The highest BCUT2D eigenvalue weighted by Gasteiger charge is 2.12. The molecule has 0 bridgehead atoms. The molecule has 0 aliphatic rings. The molecular weight excluding hydrogens is 370 g/mol. The van der Waals surface area contributed by atoms with Crippen LogP contribution in [0.5, 0.6) is 11.5 Å². The number of carbonyl (C=O) groups is 2. The van der Waals surface area contributed by atoms with Crippen LogP contribution < -0.4 is 14.8 Å². The predicted molar refractivity (Wildman–Crippen MR) is 112 cm³/mol. The Kier molecular flexibility index (Phi) is 6.51. The zero-order valence-corrected chi connectivity index (χ0v) is 16.8. The lowest BCUT2D eigenvalue weighted by atomic mass is 10.1. The number of nitrogens with zero attached hydrogens (tertiary/aromatic N) is 1. The molecule has 2 aromatic carbocycles. The third-order valence-electron chi connectivity index (χ3n) is 4.50. The van der Waals surface area contributed by atoms with Crippen LogP contribution in [0.3, 0.4) is 0 Å². The molecule has 0 aliphatic heterocycles. The molecule has 0 aliphatic carbocycles. The molecule has 3 rings (SSSR count). The number of ether oxygens (including phenoxy) is 2. The van der Waals surface area contributed by atoms with Gasteiger partial charge >= 0.3 is 5.97 Å². The summed E-state index contributed by atoms with van der Waals surface area (Å²) in [6.07, 6.45) is 1.92. The van der Waals surface area contributed by atoms with Crippen molar-refractivity contribution >= 4 is 22.8 Å². The fourth-order valence-electron chi connectivity index (χ4n) is 2.92. The maximum absolute atomic E-state index is 12.4. The van der Waals surface area contributed by atoms with Gasteiger partial charge in [0.25, 0.3) is 5.91 Å². The van der Waals surface area contributed by atoms with Crippen LogP contribution in [-0.2, 0) is 11.2 Å². The number of likely N-dealkylation sites (N-methyl/N-ethyl adjacent to an activating group) is 1. The van der Waals surface area contributed by atoms with Crippen LogP contribution in [0.2, 0.25) is 0 Å². The van der Waals surface area contributed by atoms with Crippen molar-refractivity contribution in [1.29, 1.82) is 0 Å². The summed E-state index contributed by atoms with van der Waals surface area (Å²) < 4.78 is 10.7. The van der Waals surface area contributed by atoms with E-state index in [-0.39, 0.29) is 18.3 Å². The van der Waals surface area contributed by atoms with Gasteiger partial charge in [-0.25, -0.2) is 0 Å². The second kappa shape index (κ2) is 9.25. The second-order valence-corrected chi connectivity index (χ2v) is 6.96. The van der Waals surface area contributed by atoms with Crippen molar-refractivity contribution in [2.75, 3.05) is 34.3 Å². The van der Waals surface area contributed by atoms with E-state index in [9.17, 15) is 9.59 Å². The minimum Gasteiger partial charge on any atom is -0.497 e. The van der Waals surface area contributed by atoms with Gasteiger partial charge in [-0.2, -0.15) is 0 Å². The SMILES string of the molecule is COc1ccc2[nH]cc(CC(=O)Oc3ccc(C(=O)NCCN(C)C)cc3)c2c1. The van der Waals surface area contributed by atoms with E-state index in [0.717, 1.165) is 28.8 Å². The third kappa shape index (κ3) is 5.36. The normalized spacial score (nSPS) is 10.9. The first-order chi connectivity index (χ1) is 14.0. The number of aromatic nitrogens is 1. The van der Waals surface area contributed by atoms with Gasteiger partial charge in [-0.1, -0.05) is 0 Å². The van der Waals surface area contributed by atoms with Crippen LogP contribution in [0.4, 0.5) is 0 Å². The largest absolute Gasteiger partial charge is 0.497 e. The van der Waals surface area contributed by atoms with Crippen molar-refractivity contribution in [3.63, 3.8) is 0 Å². The number of methoxy groups -OCH3 is 1. The first-order valence-corrected chi connectivity index (χ1v) is 9.34. The Bertz CT molecular complexity index is 993. The van der Waals surface area contributed by atoms with Crippen molar-refractivity contribution in [2.24, 2.45) is 0 Å². The van der Waals surface area contributed by atoms with Gasteiger partial charge in [-0.05, 0) is 62.1 Å². The van der Waals surface area contributed by atoms with E-state index in [1.54, 1.807) is 37.6 Å². The lowest BCUT2D eigenvalue weighted by Crippen LogP contribution is -2.31. The maximum Gasteiger partial charge on any atom is 0.315 e. The lowest BCUT2D eigenvalue weighted by molar-refractivity contribution is -0.133. The quantitative estimate of drug-likeness (QED) is 0.453. The zero-order valence-electron chi connectivity index (χ0n) is 16.8. The fourth-order valence-corrected chi connectivity index (χ4v) is 2.92. The van der Waals surface area contributed by atoms with Crippen molar-refractivity contribution in [1.82, 2.24) is 15.2 Å². The average Bonchev–Trinajstić information content (AvgIpc) is 3.10. The highest BCUT2D eigenvalue weighted by molar-refractivity contribution is 5.94. The first kappa shape index (κ1) is 20.4. The van der Waals surface area contributed by atoms with E-state index in [1.807, 2.05) is 37.2 Å². The molecule has 29 heavy (non-hydrogen) atoms. The van der Waals surface area contributed by atoms with Crippen LogP contribution in [0.1, 0.15) is 15.9 Å².